The van der Waals surface area contributed by atoms with Crippen molar-refractivity contribution in [3.63, 3.8) is 0 Å². The standard InChI is InChI=1S/C17H24BrNO2/c1-17(2)5-4-13(10-17)19-11-12-8-14(18)16-15(9-12)20-6-3-7-21-16/h8-9,13,19H,3-7,10-11H2,1-2H3. The third kappa shape index (κ3) is 3.72. The summed E-state index contributed by atoms with van der Waals surface area (Å²) < 4.78 is 12.5. The molecule has 0 spiro atoms. The number of rotatable bonds is 3. The maximum Gasteiger partial charge on any atom is 0.175 e. The zero-order valence-corrected chi connectivity index (χ0v) is 14.5. The van der Waals surface area contributed by atoms with E-state index >= 15 is 0 Å². The molecule has 116 valence electrons. The van der Waals surface area contributed by atoms with Crippen LogP contribution in [0.15, 0.2) is 16.6 Å². The molecule has 1 aliphatic heterocycles. The van der Waals surface area contributed by atoms with E-state index in [2.05, 4.69) is 47.2 Å². The van der Waals surface area contributed by atoms with Crippen molar-refractivity contribution in [2.24, 2.45) is 5.41 Å². The van der Waals surface area contributed by atoms with Crippen molar-refractivity contribution in [3.05, 3.63) is 22.2 Å². The lowest BCUT2D eigenvalue weighted by atomic mass is 9.92. The van der Waals surface area contributed by atoms with E-state index in [1.807, 2.05) is 0 Å². The first-order valence-electron chi connectivity index (χ1n) is 7.85. The fraction of sp³-hybridized carbons (Fsp3) is 0.647. The minimum absolute atomic E-state index is 0.489. The molecule has 2 aliphatic rings. The summed E-state index contributed by atoms with van der Waals surface area (Å²) in [6.07, 6.45) is 4.79. The Kier molecular flexibility index (Phi) is 4.46. The molecular formula is C17H24BrNO2. The van der Waals surface area contributed by atoms with E-state index in [9.17, 15) is 0 Å². The van der Waals surface area contributed by atoms with E-state index in [0.717, 1.165) is 42.2 Å². The predicted octanol–water partition coefficient (Wildman–Crippen LogP) is 4.28. The van der Waals surface area contributed by atoms with Crippen LogP contribution in [-0.2, 0) is 6.54 Å². The summed E-state index contributed by atoms with van der Waals surface area (Å²) in [4.78, 5) is 0. The molecule has 0 amide bonds. The van der Waals surface area contributed by atoms with Gasteiger partial charge in [-0.25, -0.2) is 0 Å². The molecule has 0 bridgehead atoms. The van der Waals surface area contributed by atoms with Gasteiger partial charge >= 0.3 is 0 Å². The Labute approximate surface area is 135 Å². The third-order valence-corrected chi connectivity index (χ3v) is 5.01. The van der Waals surface area contributed by atoms with Gasteiger partial charge in [-0.15, -0.1) is 0 Å². The number of ether oxygens (including phenoxy) is 2. The van der Waals surface area contributed by atoms with Gasteiger partial charge in [-0.1, -0.05) is 13.8 Å². The van der Waals surface area contributed by atoms with Gasteiger partial charge in [0.05, 0.1) is 17.7 Å². The SMILES string of the molecule is CC1(C)CCC(NCc2cc(Br)c3c(c2)OCCCO3)C1. The molecular weight excluding hydrogens is 330 g/mol. The molecule has 1 heterocycles. The molecule has 1 atom stereocenters. The maximum atomic E-state index is 5.79. The molecule has 3 nitrogen and oxygen atoms in total. The van der Waals surface area contributed by atoms with Crippen LogP contribution in [0.2, 0.25) is 0 Å². The molecule has 0 saturated heterocycles. The lowest BCUT2D eigenvalue weighted by Gasteiger charge is -2.18. The van der Waals surface area contributed by atoms with Crippen molar-refractivity contribution in [3.8, 4) is 11.5 Å². The van der Waals surface area contributed by atoms with Gasteiger partial charge in [0, 0.05) is 19.0 Å². The predicted molar refractivity (Wildman–Crippen MR) is 88.0 cm³/mol. The van der Waals surface area contributed by atoms with Crippen LogP contribution in [-0.4, -0.2) is 19.3 Å². The molecule has 4 heteroatoms. The zero-order chi connectivity index (χ0) is 14.9. The molecule has 1 saturated carbocycles. The molecule has 0 radical (unpaired) electrons. The highest BCUT2D eigenvalue weighted by Crippen LogP contribution is 2.39. The molecule has 1 aromatic carbocycles. The van der Waals surface area contributed by atoms with Gasteiger partial charge in [0.2, 0.25) is 0 Å². The van der Waals surface area contributed by atoms with E-state index in [0.29, 0.717) is 11.5 Å². The van der Waals surface area contributed by atoms with Crippen LogP contribution in [0.4, 0.5) is 0 Å². The first-order chi connectivity index (χ1) is 10.0. The van der Waals surface area contributed by atoms with Gasteiger partial charge < -0.3 is 14.8 Å². The lowest BCUT2D eigenvalue weighted by molar-refractivity contribution is 0.296. The minimum atomic E-state index is 0.489. The summed E-state index contributed by atoms with van der Waals surface area (Å²) in [7, 11) is 0. The first kappa shape index (κ1) is 15.2. The highest BCUT2D eigenvalue weighted by Gasteiger charge is 2.30. The summed E-state index contributed by atoms with van der Waals surface area (Å²) in [5, 5.41) is 3.69. The lowest BCUT2D eigenvalue weighted by Crippen LogP contribution is -2.26. The van der Waals surface area contributed by atoms with E-state index in [1.54, 1.807) is 0 Å². The van der Waals surface area contributed by atoms with E-state index in [4.69, 9.17) is 9.47 Å². The zero-order valence-electron chi connectivity index (χ0n) is 12.9. The average Bonchev–Trinajstić information content (AvgIpc) is 2.63. The molecule has 3 rings (SSSR count). The van der Waals surface area contributed by atoms with Crippen molar-refractivity contribution >= 4 is 15.9 Å². The average molecular weight is 354 g/mol. The Balaban J connectivity index is 1.66. The Hall–Kier alpha value is -0.740. The van der Waals surface area contributed by atoms with E-state index in [-0.39, 0.29) is 0 Å². The van der Waals surface area contributed by atoms with Gasteiger partial charge in [0.15, 0.2) is 11.5 Å². The van der Waals surface area contributed by atoms with Crippen molar-refractivity contribution in [1.82, 2.24) is 5.32 Å². The summed E-state index contributed by atoms with van der Waals surface area (Å²) in [5.74, 6) is 1.71. The number of halogens is 1. The largest absolute Gasteiger partial charge is 0.490 e. The third-order valence-electron chi connectivity index (χ3n) is 4.43. The maximum absolute atomic E-state index is 5.79. The summed E-state index contributed by atoms with van der Waals surface area (Å²) in [5.41, 5.74) is 1.74. The van der Waals surface area contributed by atoms with E-state index < -0.39 is 0 Å². The van der Waals surface area contributed by atoms with Crippen molar-refractivity contribution in [1.29, 1.82) is 0 Å². The normalized spacial score (nSPS) is 23.9. The fourth-order valence-electron chi connectivity index (χ4n) is 3.26. The Morgan fingerprint density at radius 3 is 2.86 bits per heavy atom. The Morgan fingerprint density at radius 1 is 1.29 bits per heavy atom. The monoisotopic (exact) mass is 353 g/mol. The van der Waals surface area contributed by atoms with Crippen LogP contribution < -0.4 is 14.8 Å². The Morgan fingerprint density at radius 2 is 2.10 bits per heavy atom. The molecule has 1 fully saturated rings. The Bertz CT molecular complexity index is 516. The van der Waals surface area contributed by atoms with Crippen molar-refractivity contribution in [2.75, 3.05) is 13.2 Å². The van der Waals surface area contributed by atoms with Crippen molar-refractivity contribution < 1.29 is 9.47 Å². The topological polar surface area (TPSA) is 30.5 Å². The number of nitrogens with one attached hydrogen (secondary N) is 1. The van der Waals surface area contributed by atoms with Gasteiger partial charge in [-0.3, -0.25) is 0 Å². The summed E-state index contributed by atoms with van der Waals surface area (Å²) in [6, 6.07) is 4.88. The van der Waals surface area contributed by atoms with Gasteiger partial charge in [-0.2, -0.15) is 0 Å². The van der Waals surface area contributed by atoms with Gasteiger partial charge in [-0.05, 0) is 58.3 Å². The van der Waals surface area contributed by atoms with Crippen LogP contribution >= 0.6 is 15.9 Å². The van der Waals surface area contributed by atoms with Crippen LogP contribution in [0.1, 0.15) is 45.1 Å². The molecule has 1 unspecified atom stereocenters. The molecule has 1 aliphatic carbocycles. The van der Waals surface area contributed by atoms with Crippen LogP contribution in [0.5, 0.6) is 11.5 Å². The highest BCUT2D eigenvalue weighted by atomic mass is 79.9. The van der Waals surface area contributed by atoms with E-state index in [1.165, 1.54) is 24.8 Å². The number of benzene rings is 1. The quantitative estimate of drug-likeness (QED) is 0.879. The highest BCUT2D eigenvalue weighted by molar-refractivity contribution is 9.10. The van der Waals surface area contributed by atoms with Crippen LogP contribution in [0.3, 0.4) is 0 Å². The number of hydrogen-bond donors (Lipinski definition) is 1. The second kappa shape index (κ2) is 6.17. The number of fused-ring (bicyclic) bond motifs is 1. The van der Waals surface area contributed by atoms with Crippen molar-refractivity contribution in [2.45, 2.75) is 52.1 Å². The second-order valence-corrected chi connectivity index (χ2v) is 7.79. The smallest absolute Gasteiger partial charge is 0.175 e. The van der Waals surface area contributed by atoms with Gasteiger partial charge in [0.25, 0.3) is 0 Å². The molecule has 1 N–H and O–H groups in total. The first-order valence-corrected chi connectivity index (χ1v) is 8.64. The summed E-state index contributed by atoms with van der Waals surface area (Å²) >= 11 is 3.61. The molecule has 0 aromatic heterocycles. The second-order valence-electron chi connectivity index (χ2n) is 6.94. The molecule has 21 heavy (non-hydrogen) atoms. The fourth-order valence-corrected chi connectivity index (χ4v) is 3.86. The van der Waals surface area contributed by atoms with Crippen LogP contribution in [0, 0.1) is 5.41 Å². The molecule has 1 aromatic rings. The van der Waals surface area contributed by atoms with Gasteiger partial charge in [0.1, 0.15) is 0 Å². The van der Waals surface area contributed by atoms with Crippen LogP contribution in [0.25, 0.3) is 0 Å². The minimum Gasteiger partial charge on any atom is -0.490 e. The number of hydrogen-bond acceptors (Lipinski definition) is 3. The summed E-state index contributed by atoms with van der Waals surface area (Å²) in [6.45, 7) is 7.06.